The second-order valence-corrected chi connectivity index (χ2v) is 7.32. The molecule has 0 saturated carbocycles. The van der Waals surface area contributed by atoms with Crippen molar-refractivity contribution < 1.29 is 14.3 Å². The van der Waals surface area contributed by atoms with Gasteiger partial charge in [0.2, 0.25) is 6.79 Å². The van der Waals surface area contributed by atoms with E-state index in [4.69, 9.17) is 9.47 Å². The molecule has 0 bridgehead atoms. The van der Waals surface area contributed by atoms with Gasteiger partial charge in [0.15, 0.2) is 16.3 Å². The molecule has 1 amide bonds. The summed E-state index contributed by atoms with van der Waals surface area (Å²) in [5.74, 6) is 1.15. The number of carbonyl (C=O) groups is 1. The molecular weight excluding hydrogens is 362 g/mol. The summed E-state index contributed by atoms with van der Waals surface area (Å²) in [5.41, 5.74) is 2.53. The maximum absolute atomic E-state index is 12.7. The Morgan fingerprint density at radius 1 is 1.26 bits per heavy atom. The maximum atomic E-state index is 12.7. The molecule has 2 heterocycles. The third-order valence-corrected chi connectivity index (χ3v) is 5.36. The summed E-state index contributed by atoms with van der Waals surface area (Å²) in [7, 11) is 3.92. The molecule has 0 saturated heterocycles. The quantitative estimate of drug-likeness (QED) is 0.650. The molecule has 0 radical (unpaired) electrons. The fourth-order valence-electron chi connectivity index (χ4n) is 2.90. The predicted octanol–water partition coefficient (Wildman–Crippen LogP) is 3.42. The van der Waals surface area contributed by atoms with E-state index in [1.54, 1.807) is 18.2 Å². The molecule has 0 N–H and O–H groups in total. The first-order valence-electron chi connectivity index (χ1n) is 8.47. The highest BCUT2D eigenvalue weighted by atomic mass is 32.1. The highest BCUT2D eigenvalue weighted by Gasteiger charge is 2.17. The van der Waals surface area contributed by atoms with Crippen LogP contribution in [0.15, 0.2) is 54.0 Å². The molecule has 138 valence electrons. The Hall–Kier alpha value is -3.06. The first-order valence-corrected chi connectivity index (χ1v) is 9.29. The maximum Gasteiger partial charge on any atom is 0.279 e. The largest absolute Gasteiger partial charge is 0.454 e. The van der Waals surface area contributed by atoms with E-state index in [0.29, 0.717) is 28.4 Å². The Balaban J connectivity index is 1.78. The van der Waals surface area contributed by atoms with Crippen molar-refractivity contribution in [3.05, 3.63) is 59.4 Å². The molecular formula is C20H19N3O3S. The molecule has 0 spiro atoms. The van der Waals surface area contributed by atoms with Gasteiger partial charge < -0.3 is 18.9 Å². The average Bonchev–Trinajstić information content (AvgIpc) is 3.24. The molecule has 0 aliphatic carbocycles. The minimum atomic E-state index is -0.273. The van der Waals surface area contributed by atoms with Crippen LogP contribution in [0.25, 0.3) is 10.2 Å². The van der Waals surface area contributed by atoms with Gasteiger partial charge in [-0.25, -0.2) is 0 Å². The Labute approximate surface area is 160 Å². The minimum Gasteiger partial charge on any atom is -0.454 e. The average molecular weight is 381 g/mol. The molecule has 3 aromatic rings. The third-order valence-electron chi connectivity index (χ3n) is 4.32. The fourth-order valence-corrected chi connectivity index (χ4v) is 3.95. The van der Waals surface area contributed by atoms with E-state index in [1.165, 1.54) is 11.3 Å². The number of allylic oxidation sites excluding steroid dienone is 1. The Morgan fingerprint density at radius 3 is 2.63 bits per heavy atom. The van der Waals surface area contributed by atoms with Crippen molar-refractivity contribution in [2.75, 3.05) is 25.8 Å². The number of fused-ring (bicyclic) bond motifs is 2. The van der Waals surface area contributed by atoms with Gasteiger partial charge >= 0.3 is 0 Å². The van der Waals surface area contributed by atoms with Gasteiger partial charge in [0.05, 0.1) is 10.2 Å². The lowest BCUT2D eigenvalue weighted by Crippen LogP contribution is -2.16. The van der Waals surface area contributed by atoms with E-state index in [0.717, 1.165) is 15.9 Å². The Morgan fingerprint density at radius 2 is 1.96 bits per heavy atom. The number of rotatable bonds is 4. The van der Waals surface area contributed by atoms with Gasteiger partial charge in [-0.15, -0.1) is 6.58 Å². The van der Waals surface area contributed by atoms with Crippen molar-refractivity contribution >= 4 is 33.1 Å². The topological polar surface area (TPSA) is 56.1 Å². The first-order chi connectivity index (χ1) is 13.1. The summed E-state index contributed by atoms with van der Waals surface area (Å²) in [4.78, 5) is 19.6. The lowest BCUT2D eigenvalue weighted by molar-refractivity contribution is 0.0998. The highest BCUT2D eigenvalue weighted by Crippen LogP contribution is 2.37. The van der Waals surface area contributed by atoms with Crippen molar-refractivity contribution in [1.29, 1.82) is 0 Å². The van der Waals surface area contributed by atoms with Gasteiger partial charge in [0.25, 0.3) is 5.91 Å². The van der Waals surface area contributed by atoms with Crippen molar-refractivity contribution in [2.45, 2.75) is 6.54 Å². The zero-order valence-electron chi connectivity index (χ0n) is 15.1. The third kappa shape index (κ3) is 3.21. The molecule has 0 fully saturated rings. The molecule has 2 aromatic carbocycles. The van der Waals surface area contributed by atoms with Crippen LogP contribution in [0.5, 0.6) is 11.5 Å². The molecule has 0 unspecified atom stereocenters. The van der Waals surface area contributed by atoms with E-state index < -0.39 is 0 Å². The molecule has 27 heavy (non-hydrogen) atoms. The first kappa shape index (κ1) is 17.4. The summed E-state index contributed by atoms with van der Waals surface area (Å²) >= 11 is 1.44. The van der Waals surface area contributed by atoms with Crippen molar-refractivity contribution in [2.24, 2.45) is 4.99 Å². The lowest BCUT2D eigenvalue weighted by Gasteiger charge is -2.11. The number of amides is 1. The number of thiazole rings is 1. The lowest BCUT2D eigenvalue weighted by atomic mass is 10.2. The van der Waals surface area contributed by atoms with Crippen LogP contribution in [-0.2, 0) is 6.54 Å². The summed E-state index contributed by atoms with van der Waals surface area (Å²) in [6.07, 6.45) is 1.78. The van der Waals surface area contributed by atoms with Crippen LogP contribution in [-0.4, -0.2) is 31.4 Å². The van der Waals surface area contributed by atoms with Crippen molar-refractivity contribution in [1.82, 2.24) is 4.57 Å². The monoisotopic (exact) mass is 381 g/mol. The van der Waals surface area contributed by atoms with Gasteiger partial charge in [0, 0.05) is 44.0 Å². The van der Waals surface area contributed by atoms with Crippen molar-refractivity contribution in [3.8, 4) is 11.5 Å². The molecule has 0 atom stereocenters. The summed E-state index contributed by atoms with van der Waals surface area (Å²) in [6.45, 7) is 4.59. The number of nitrogens with zero attached hydrogens (tertiary/aromatic N) is 3. The number of ether oxygens (including phenoxy) is 2. The number of benzene rings is 2. The summed E-state index contributed by atoms with van der Waals surface area (Å²) in [5, 5.41) is 0. The summed E-state index contributed by atoms with van der Waals surface area (Å²) in [6, 6.07) is 11.3. The van der Waals surface area contributed by atoms with Crippen LogP contribution in [0.1, 0.15) is 10.4 Å². The zero-order chi connectivity index (χ0) is 19.0. The van der Waals surface area contributed by atoms with Crippen LogP contribution >= 0.6 is 11.3 Å². The van der Waals surface area contributed by atoms with Gasteiger partial charge in [0.1, 0.15) is 0 Å². The van der Waals surface area contributed by atoms with Crippen LogP contribution in [0.3, 0.4) is 0 Å². The van der Waals surface area contributed by atoms with E-state index in [9.17, 15) is 4.79 Å². The van der Waals surface area contributed by atoms with E-state index in [2.05, 4.69) is 11.6 Å². The standard InChI is InChI=1S/C20H19N3O3S/c1-4-9-23-15-10-16-17(26-12-25-16)11-18(15)27-20(23)21-19(24)13-5-7-14(8-6-13)22(2)3/h4-8,10-11H,1,9,12H2,2-3H3. The van der Waals surface area contributed by atoms with Crippen molar-refractivity contribution in [3.63, 3.8) is 0 Å². The van der Waals surface area contributed by atoms with Gasteiger partial charge in [-0.3, -0.25) is 4.79 Å². The Kier molecular flexibility index (Phi) is 4.45. The molecule has 1 aliphatic rings. The summed E-state index contributed by atoms with van der Waals surface area (Å²) < 4.78 is 13.9. The molecule has 1 aliphatic heterocycles. The van der Waals surface area contributed by atoms with Crippen LogP contribution in [0.4, 0.5) is 5.69 Å². The molecule has 4 rings (SSSR count). The van der Waals surface area contributed by atoms with Gasteiger partial charge in [-0.1, -0.05) is 17.4 Å². The van der Waals surface area contributed by atoms with E-state index >= 15 is 0 Å². The minimum absolute atomic E-state index is 0.229. The zero-order valence-corrected chi connectivity index (χ0v) is 16.0. The second kappa shape index (κ2) is 6.92. The number of aromatic nitrogens is 1. The smallest absolute Gasteiger partial charge is 0.279 e. The van der Waals surface area contributed by atoms with Crippen LogP contribution < -0.4 is 19.2 Å². The number of hydrogen-bond donors (Lipinski definition) is 0. The highest BCUT2D eigenvalue weighted by molar-refractivity contribution is 7.16. The SMILES string of the molecule is C=CCn1c(=NC(=O)c2ccc(N(C)C)cc2)sc2cc3c(cc21)OCO3. The molecule has 7 heteroatoms. The number of anilines is 1. The number of hydrogen-bond acceptors (Lipinski definition) is 5. The predicted molar refractivity (Wildman–Crippen MR) is 107 cm³/mol. The normalized spacial score (nSPS) is 13.2. The van der Waals surface area contributed by atoms with E-state index in [1.807, 2.05) is 47.8 Å². The molecule has 1 aromatic heterocycles. The second-order valence-electron chi connectivity index (χ2n) is 6.32. The Bertz CT molecular complexity index is 1090. The fraction of sp³-hybridized carbons (Fsp3) is 0.200. The van der Waals surface area contributed by atoms with Crippen LogP contribution in [0.2, 0.25) is 0 Å². The molecule has 6 nitrogen and oxygen atoms in total. The van der Waals surface area contributed by atoms with E-state index in [-0.39, 0.29) is 12.7 Å². The van der Waals surface area contributed by atoms with Gasteiger partial charge in [-0.05, 0) is 24.3 Å². The van der Waals surface area contributed by atoms with Crippen LogP contribution in [0, 0.1) is 0 Å². The van der Waals surface area contributed by atoms with Gasteiger partial charge in [-0.2, -0.15) is 4.99 Å². The number of carbonyl (C=O) groups excluding carboxylic acids is 1.